The van der Waals surface area contributed by atoms with Gasteiger partial charge in [0.05, 0.1) is 20.4 Å². The fraction of sp³-hybridized carbons (Fsp3) is 0.318. The van der Waals surface area contributed by atoms with Crippen LogP contribution in [-0.4, -0.2) is 50.2 Å². The smallest absolute Gasteiger partial charge is 0.253 e. The summed E-state index contributed by atoms with van der Waals surface area (Å²) in [6, 6.07) is 10.8. The number of ether oxygens (including phenoxy) is 2. The Bertz CT molecular complexity index is 922. The highest BCUT2D eigenvalue weighted by atomic mass is 19.1. The number of amides is 2. The molecule has 1 saturated heterocycles. The Morgan fingerprint density at radius 1 is 1.10 bits per heavy atom. The first-order valence-electron chi connectivity index (χ1n) is 9.61. The minimum atomic E-state index is -0.380. The molecule has 0 atom stereocenters. The van der Waals surface area contributed by atoms with Crippen LogP contribution in [0, 0.1) is 11.7 Å². The largest absolute Gasteiger partial charge is 0.497 e. The summed E-state index contributed by atoms with van der Waals surface area (Å²) >= 11 is 0. The molecule has 1 N–H and O–H groups in total. The average Bonchev–Trinajstić information content (AvgIpc) is 2.79. The normalized spacial score (nSPS) is 14.6. The number of piperidine rings is 1. The van der Waals surface area contributed by atoms with E-state index < -0.39 is 0 Å². The van der Waals surface area contributed by atoms with Crippen LogP contribution in [-0.2, 0) is 4.79 Å². The number of nitrogens with zero attached hydrogens (tertiary/aromatic N) is 2. The van der Waals surface area contributed by atoms with Crippen LogP contribution in [0.25, 0.3) is 0 Å². The predicted octanol–water partition coefficient (Wildman–Crippen LogP) is 2.85. The number of likely N-dealkylation sites (tertiary alicyclic amines) is 1. The molecule has 30 heavy (non-hydrogen) atoms. The van der Waals surface area contributed by atoms with E-state index in [0.717, 1.165) is 0 Å². The summed E-state index contributed by atoms with van der Waals surface area (Å²) in [5.74, 6) is 0.299. The third-order valence-corrected chi connectivity index (χ3v) is 5.06. The van der Waals surface area contributed by atoms with Crippen LogP contribution in [0.1, 0.15) is 28.8 Å². The lowest BCUT2D eigenvalue weighted by Crippen LogP contribution is -2.42. The molecule has 8 heteroatoms. The third-order valence-electron chi connectivity index (χ3n) is 5.06. The molecule has 0 unspecified atom stereocenters. The van der Waals surface area contributed by atoms with E-state index >= 15 is 0 Å². The number of hydrogen-bond acceptors (Lipinski definition) is 5. The average molecular weight is 413 g/mol. The number of hydrogen-bond donors (Lipinski definition) is 1. The number of benzene rings is 2. The number of nitrogens with one attached hydrogen (secondary N) is 1. The van der Waals surface area contributed by atoms with Gasteiger partial charge in [0, 0.05) is 36.2 Å². The van der Waals surface area contributed by atoms with Gasteiger partial charge in [-0.2, -0.15) is 5.10 Å². The summed E-state index contributed by atoms with van der Waals surface area (Å²) < 4.78 is 23.5. The number of rotatable bonds is 6. The van der Waals surface area contributed by atoms with E-state index in [9.17, 15) is 14.0 Å². The highest BCUT2D eigenvalue weighted by Gasteiger charge is 2.27. The summed E-state index contributed by atoms with van der Waals surface area (Å²) in [7, 11) is 3.12. The van der Waals surface area contributed by atoms with Crippen molar-refractivity contribution in [3.63, 3.8) is 0 Å². The standard InChI is InChI=1S/C22H24FN3O4/c1-29-19-8-5-17(20(13-19)30-2)14-24-25-21(27)15-9-11-26(12-10-15)22(28)16-3-6-18(23)7-4-16/h3-8,13-15H,9-12H2,1-2H3,(H,25,27). The molecule has 2 amide bonds. The zero-order chi connectivity index (χ0) is 21.5. The second-order valence-corrected chi connectivity index (χ2v) is 6.92. The molecular formula is C22H24FN3O4. The monoisotopic (exact) mass is 413 g/mol. The van der Waals surface area contributed by atoms with Gasteiger partial charge >= 0.3 is 0 Å². The fourth-order valence-electron chi connectivity index (χ4n) is 3.30. The van der Waals surface area contributed by atoms with Gasteiger partial charge in [-0.1, -0.05) is 0 Å². The second-order valence-electron chi connectivity index (χ2n) is 6.92. The highest BCUT2D eigenvalue weighted by Crippen LogP contribution is 2.23. The molecular weight excluding hydrogens is 389 g/mol. The first-order chi connectivity index (χ1) is 14.5. The van der Waals surface area contributed by atoms with Crippen molar-refractivity contribution >= 4 is 18.0 Å². The maximum absolute atomic E-state index is 13.0. The molecule has 0 aromatic heterocycles. The van der Waals surface area contributed by atoms with Crippen molar-refractivity contribution in [2.75, 3.05) is 27.3 Å². The molecule has 0 bridgehead atoms. The van der Waals surface area contributed by atoms with E-state index in [4.69, 9.17) is 9.47 Å². The van der Waals surface area contributed by atoms with E-state index in [-0.39, 0.29) is 23.5 Å². The topological polar surface area (TPSA) is 80.2 Å². The highest BCUT2D eigenvalue weighted by molar-refractivity contribution is 5.94. The summed E-state index contributed by atoms with van der Waals surface area (Å²) in [6.45, 7) is 0.925. The van der Waals surface area contributed by atoms with Gasteiger partial charge in [0.15, 0.2) is 0 Å². The molecule has 0 saturated carbocycles. The van der Waals surface area contributed by atoms with Crippen molar-refractivity contribution in [1.82, 2.24) is 10.3 Å². The lowest BCUT2D eigenvalue weighted by molar-refractivity contribution is -0.126. The molecule has 3 rings (SSSR count). The Morgan fingerprint density at radius 2 is 1.80 bits per heavy atom. The molecule has 7 nitrogen and oxygen atoms in total. The summed E-state index contributed by atoms with van der Waals surface area (Å²) in [5.41, 5.74) is 3.71. The van der Waals surface area contributed by atoms with Crippen LogP contribution in [0.4, 0.5) is 4.39 Å². The lowest BCUT2D eigenvalue weighted by atomic mass is 9.95. The molecule has 0 aliphatic carbocycles. The van der Waals surface area contributed by atoms with Crippen LogP contribution < -0.4 is 14.9 Å². The molecule has 158 valence electrons. The Hall–Kier alpha value is -3.42. The predicted molar refractivity (Wildman–Crippen MR) is 110 cm³/mol. The number of halogens is 1. The zero-order valence-electron chi connectivity index (χ0n) is 16.9. The van der Waals surface area contributed by atoms with Crippen molar-refractivity contribution in [3.05, 3.63) is 59.4 Å². The second kappa shape index (κ2) is 9.87. The van der Waals surface area contributed by atoms with Crippen molar-refractivity contribution in [2.45, 2.75) is 12.8 Å². The van der Waals surface area contributed by atoms with Crippen molar-refractivity contribution in [3.8, 4) is 11.5 Å². The third kappa shape index (κ3) is 5.14. The molecule has 1 aliphatic heterocycles. The van der Waals surface area contributed by atoms with Crippen LogP contribution in [0.15, 0.2) is 47.6 Å². The molecule has 0 spiro atoms. The quantitative estimate of drug-likeness (QED) is 0.583. The van der Waals surface area contributed by atoms with Crippen molar-refractivity contribution in [1.29, 1.82) is 0 Å². The van der Waals surface area contributed by atoms with Crippen LogP contribution >= 0.6 is 0 Å². The van der Waals surface area contributed by atoms with Crippen LogP contribution in [0.5, 0.6) is 11.5 Å². The Balaban J connectivity index is 1.51. The van der Waals surface area contributed by atoms with Crippen molar-refractivity contribution < 1.29 is 23.5 Å². The first-order valence-corrected chi connectivity index (χ1v) is 9.61. The molecule has 1 fully saturated rings. The maximum atomic E-state index is 13.0. The SMILES string of the molecule is COc1ccc(C=NNC(=O)C2CCN(C(=O)c3ccc(F)cc3)CC2)c(OC)c1. The Morgan fingerprint density at radius 3 is 2.43 bits per heavy atom. The molecule has 2 aromatic rings. The molecule has 1 aliphatic rings. The van der Waals surface area contributed by atoms with Gasteiger partial charge in [0.25, 0.3) is 5.91 Å². The Kier molecular flexibility index (Phi) is 7.00. The minimum Gasteiger partial charge on any atom is -0.497 e. The van der Waals surface area contributed by atoms with E-state index in [1.807, 2.05) is 0 Å². The number of hydrazone groups is 1. The van der Waals surface area contributed by atoms with Crippen LogP contribution in [0.2, 0.25) is 0 Å². The summed E-state index contributed by atoms with van der Waals surface area (Å²) in [6.07, 6.45) is 2.60. The van der Waals surface area contributed by atoms with E-state index in [0.29, 0.717) is 48.6 Å². The lowest BCUT2D eigenvalue weighted by Gasteiger charge is -2.31. The summed E-state index contributed by atoms with van der Waals surface area (Å²) in [4.78, 5) is 26.6. The number of carbonyl (C=O) groups excluding carboxylic acids is 2. The maximum Gasteiger partial charge on any atom is 0.253 e. The molecule has 1 heterocycles. The van der Waals surface area contributed by atoms with Crippen molar-refractivity contribution in [2.24, 2.45) is 11.0 Å². The first kappa shape index (κ1) is 21.3. The minimum absolute atomic E-state index is 0.154. The molecule has 0 radical (unpaired) electrons. The Labute approximate surface area is 174 Å². The number of carbonyl (C=O) groups is 2. The molecule has 2 aromatic carbocycles. The van der Waals surface area contributed by atoms with Gasteiger partial charge in [-0.05, 0) is 49.2 Å². The number of methoxy groups -OCH3 is 2. The van der Waals surface area contributed by atoms with Gasteiger partial charge in [0.2, 0.25) is 5.91 Å². The van der Waals surface area contributed by atoms with E-state index in [1.54, 1.807) is 37.3 Å². The van der Waals surface area contributed by atoms with E-state index in [2.05, 4.69) is 10.5 Å². The van der Waals surface area contributed by atoms with Gasteiger partial charge in [-0.3, -0.25) is 9.59 Å². The van der Waals surface area contributed by atoms with Gasteiger partial charge in [-0.15, -0.1) is 0 Å². The fourth-order valence-corrected chi connectivity index (χ4v) is 3.30. The van der Waals surface area contributed by atoms with Gasteiger partial charge in [-0.25, -0.2) is 9.82 Å². The van der Waals surface area contributed by atoms with E-state index in [1.165, 1.54) is 30.5 Å². The van der Waals surface area contributed by atoms with Crippen LogP contribution in [0.3, 0.4) is 0 Å². The summed E-state index contributed by atoms with van der Waals surface area (Å²) in [5, 5.41) is 4.03. The zero-order valence-corrected chi connectivity index (χ0v) is 16.9. The van der Waals surface area contributed by atoms with Gasteiger partial charge in [0.1, 0.15) is 17.3 Å². The van der Waals surface area contributed by atoms with Gasteiger partial charge < -0.3 is 14.4 Å².